The molecule has 2 aliphatic rings. The molecule has 2 N–H and O–H groups in total. The summed E-state index contributed by atoms with van der Waals surface area (Å²) in [6.07, 6.45) is 3.81. The number of nitrogens with one attached hydrogen (secondary N) is 1. The van der Waals surface area contributed by atoms with Crippen LogP contribution >= 0.6 is 0 Å². The molecule has 3 aromatic rings. The topological polar surface area (TPSA) is 96.7 Å². The molecule has 154 valence electrons. The lowest BCUT2D eigenvalue weighted by molar-refractivity contribution is 0.0694. The Morgan fingerprint density at radius 2 is 2.20 bits per heavy atom. The van der Waals surface area contributed by atoms with E-state index in [0.717, 1.165) is 18.3 Å². The first kappa shape index (κ1) is 18.4. The van der Waals surface area contributed by atoms with Crippen molar-refractivity contribution in [3.8, 4) is 5.75 Å². The van der Waals surface area contributed by atoms with Crippen molar-refractivity contribution >= 4 is 28.4 Å². The van der Waals surface area contributed by atoms with Crippen molar-refractivity contribution < 1.29 is 19.0 Å². The van der Waals surface area contributed by atoms with E-state index < -0.39 is 17.2 Å². The molecule has 0 aliphatic carbocycles. The van der Waals surface area contributed by atoms with Gasteiger partial charge in [-0.05, 0) is 24.6 Å². The molecule has 0 spiro atoms. The smallest absolute Gasteiger partial charge is 0.341 e. The molecule has 30 heavy (non-hydrogen) atoms. The summed E-state index contributed by atoms with van der Waals surface area (Å²) in [6, 6.07) is 6.84. The second kappa shape index (κ2) is 7.01. The number of ether oxygens (including phenoxy) is 1. The maximum absolute atomic E-state index is 15.2. The minimum Gasteiger partial charge on any atom is -0.487 e. The summed E-state index contributed by atoms with van der Waals surface area (Å²) in [5, 5.41) is 12.7. The Bertz CT molecular complexity index is 1210. The monoisotopic (exact) mass is 410 g/mol. The molecule has 1 unspecified atom stereocenters. The summed E-state index contributed by atoms with van der Waals surface area (Å²) in [4.78, 5) is 30.2. The number of carbonyl (C=O) groups is 1. The average Bonchev–Trinajstić information content (AvgIpc) is 3.18. The number of carboxylic acids is 1. The Kier molecular flexibility index (Phi) is 4.30. The van der Waals surface area contributed by atoms with Crippen LogP contribution in [0.2, 0.25) is 0 Å². The van der Waals surface area contributed by atoms with E-state index in [0.29, 0.717) is 36.6 Å². The minimum absolute atomic E-state index is 0.0215. The van der Waals surface area contributed by atoms with Crippen LogP contribution in [-0.2, 0) is 6.54 Å². The summed E-state index contributed by atoms with van der Waals surface area (Å²) < 4.78 is 22.7. The zero-order valence-electron chi connectivity index (χ0n) is 16.0. The molecule has 9 heteroatoms. The number of anilines is 2. The van der Waals surface area contributed by atoms with Gasteiger partial charge in [0.2, 0.25) is 5.43 Å². The number of carboxylic acid groups (broad SMARTS) is 1. The number of benzene rings is 1. The van der Waals surface area contributed by atoms with Gasteiger partial charge >= 0.3 is 5.97 Å². The number of rotatable bonds is 4. The van der Waals surface area contributed by atoms with Crippen LogP contribution in [0, 0.1) is 5.82 Å². The van der Waals surface area contributed by atoms with Crippen molar-refractivity contribution in [2.24, 2.45) is 0 Å². The number of hydrogen-bond acceptors (Lipinski definition) is 6. The highest BCUT2D eigenvalue weighted by Gasteiger charge is 2.31. The number of nitrogens with zero attached hydrogens (tertiary/aromatic N) is 3. The van der Waals surface area contributed by atoms with Gasteiger partial charge in [-0.15, -0.1) is 0 Å². The molecule has 2 aliphatic heterocycles. The minimum atomic E-state index is -1.33. The predicted octanol–water partition coefficient (Wildman–Crippen LogP) is 2.32. The highest BCUT2D eigenvalue weighted by molar-refractivity contribution is 5.97. The summed E-state index contributed by atoms with van der Waals surface area (Å²) in [5.74, 6) is -0.866. The summed E-state index contributed by atoms with van der Waals surface area (Å²) in [6.45, 7) is 1.82. The van der Waals surface area contributed by atoms with Crippen molar-refractivity contribution in [3.05, 3.63) is 58.3 Å². The van der Waals surface area contributed by atoms with Gasteiger partial charge in [0, 0.05) is 31.5 Å². The third-order valence-corrected chi connectivity index (χ3v) is 5.57. The molecule has 0 radical (unpaired) electrons. The van der Waals surface area contributed by atoms with E-state index in [9.17, 15) is 14.7 Å². The lowest BCUT2D eigenvalue weighted by Crippen LogP contribution is -2.29. The zero-order valence-corrected chi connectivity index (χ0v) is 16.0. The molecule has 4 heterocycles. The third-order valence-electron chi connectivity index (χ3n) is 5.57. The molecular formula is C21H19FN4O4. The number of halogens is 1. The quantitative estimate of drug-likeness (QED) is 0.681. The molecule has 0 bridgehead atoms. The summed E-state index contributed by atoms with van der Waals surface area (Å²) >= 11 is 0. The molecule has 1 atom stereocenters. The fourth-order valence-corrected chi connectivity index (χ4v) is 4.23. The van der Waals surface area contributed by atoms with Crippen molar-refractivity contribution in [2.45, 2.75) is 19.0 Å². The van der Waals surface area contributed by atoms with Crippen molar-refractivity contribution in [2.75, 3.05) is 29.9 Å². The highest BCUT2D eigenvalue weighted by Crippen LogP contribution is 2.41. The van der Waals surface area contributed by atoms with Crippen LogP contribution in [0.3, 0.4) is 0 Å². The van der Waals surface area contributed by atoms with E-state index in [2.05, 4.69) is 10.3 Å². The first-order valence-corrected chi connectivity index (χ1v) is 9.71. The average molecular weight is 410 g/mol. The van der Waals surface area contributed by atoms with Gasteiger partial charge in [0.1, 0.15) is 23.7 Å². The van der Waals surface area contributed by atoms with E-state index in [4.69, 9.17) is 4.74 Å². The van der Waals surface area contributed by atoms with Crippen LogP contribution < -0.4 is 20.4 Å². The first-order valence-electron chi connectivity index (χ1n) is 9.71. The molecule has 2 aromatic heterocycles. The second-order valence-electron chi connectivity index (χ2n) is 7.44. The lowest BCUT2D eigenvalue weighted by atomic mass is 10.1. The molecule has 5 rings (SSSR count). The largest absolute Gasteiger partial charge is 0.487 e. The Morgan fingerprint density at radius 1 is 1.33 bits per heavy atom. The van der Waals surface area contributed by atoms with Crippen molar-refractivity contribution in [1.29, 1.82) is 0 Å². The van der Waals surface area contributed by atoms with Crippen LogP contribution in [0.25, 0.3) is 10.9 Å². The standard InChI is InChI=1S/C21H19FN4O4/c22-15-9-13-17-20(30-8-7-26(17)11-14(19(13)27)21(28)29)18(15)25-6-4-12(10-25)24-16-3-1-2-5-23-16/h1-3,5,9,11-12H,4,6-8,10H2,(H,23,24)(H,28,29). The van der Waals surface area contributed by atoms with E-state index in [1.807, 2.05) is 23.1 Å². The molecule has 1 fully saturated rings. The van der Waals surface area contributed by atoms with Crippen LogP contribution in [0.15, 0.2) is 41.5 Å². The van der Waals surface area contributed by atoms with Gasteiger partial charge in [-0.3, -0.25) is 4.79 Å². The Hall–Kier alpha value is -3.62. The van der Waals surface area contributed by atoms with Crippen molar-refractivity contribution in [3.63, 3.8) is 0 Å². The van der Waals surface area contributed by atoms with Gasteiger partial charge in [-0.2, -0.15) is 0 Å². The van der Waals surface area contributed by atoms with Gasteiger partial charge < -0.3 is 24.6 Å². The lowest BCUT2D eigenvalue weighted by Gasteiger charge is -2.28. The van der Waals surface area contributed by atoms with Crippen molar-refractivity contribution in [1.82, 2.24) is 9.55 Å². The number of hydrogen-bond donors (Lipinski definition) is 2. The molecule has 1 saturated heterocycles. The van der Waals surface area contributed by atoms with Crippen LogP contribution in [0.4, 0.5) is 15.9 Å². The fraction of sp³-hybridized carbons (Fsp3) is 0.286. The maximum Gasteiger partial charge on any atom is 0.341 e. The third kappa shape index (κ3) is 2.94. The number of pyridine rings is 2. The molecule has 0 saturated carbocycles. The van der Waals surface area contributed by atoms with Gasteiger partial charge in [0.05, 0.1) is 17.4 Å². The van der Waals surface area contributed by atoms with Crippen LogP contribution in [0.5, 0.6) is 5.75 Å². The van der Waals surface area contributed by atoms with Gasteiger partial charge in [-0.1, -0.05) is 6.07 Å². The van der Waals surface area contributed by atoms with Gasteiger partial charge in [0.25, 0.3) is 0 Å². The normalized spacial score (nSPS) is 17.8. The molecular weight excluding hydrogens is 391 g/mol. The van der Waals surface area contributed by atoms with E-state index in [-0.39, 0.29) is 23.6 Å². The van der Waals surface area contributed by atoms with E-state index >= 15 is 4.39 Å². The van der Waals surface area contributed by atoms with Gasteiger partial charge in [0.15, 0.2) is 11.6 Å². The molecule has 1 aromatic carbocycles. The van der Waals surface area contributed by atoms with Crippen LogP contribution in [0.1, 0.15) is 16.8 Å². The highest BCUT2D eigenvalue weighted by atomic mass is 19.1. The Labute approximate surface area is 170 Å². The molecule has 0 amide bonds. The zero-order chi connectivity index (χ0) is 20.8. The summed E-state index contributed by atoms with van der Waals surface area (Å²) in [7, 11) is 0. The first-order chi connectivity index (χ1) is 14.5. The Morgan fingerprint density at radius 3 is 2.97 bits per heavy atom. The van der Waals surface area contributed by atoms with E-state index in [1.165, 1.54) is 6.20 Å². The fourth-order valence-electron chi connectivity index (χ4n) is 4.23. The Balaban J connectivity index is 1.55. The molecule has 8 nitrogen and oxygen atoms in total. The van der Waals surface area contributed by atoms with Gasteiger partial charge in [-0.25, -0.2) is 14.2 Å². The number of aromatic carboxylic acids is 1. The number of aromatic nitrogens is 2. The van der Waals surface area contributed by atoms with Crippen LogP contribution in [-0.4, -0.2) is 46.4 Å². The maximum atomic E-state index is 15.2. The second-order valence-corrected chi connectivity index (χ2v) is 7.44. The predicted molar refractivity (Wildman–Crippen MR) is 109 cm³/mol. The SMILES string of the molecule is O=C(O)c1cn2c3c(c(N4CCC(Nc5ccccn5)C4)c(F)cc3c1=O)OCC2. The van der Waals surface area contributed by atoms with E-state index in [1.54, 1.807) is 10.8 Å². The summed E-state index contributed by atoms with van der Waals surface area (Å²) in [5.41, 5.74) is -0.331.